The lowest BCUT2D eigenvalue weighted by molar-refractivity contribution is -0.123. The van der Waals surface area contributed by atoms with Crippen LogP contribution in [0.5, 0.6) is 0 Å². The number of likely N-dealkylation sites (tertiary alicyclic amines) is 1. The van der Waals surface area contributed by atoms with Crippen molar-refractivity contribution in [1.82, 2.24) is 10.2 Å². The summed E-state index contributed by atoms with van der Waals surface area (Å²) in [5.74, 6) is -0.0248. The fourth-order valence-corrected chi connectivity index (χ4v) is 3.59. The molecule has 5 heteroatoms. The van der Waals surface area contributed by atoms with Crippen LogP contribution in [0.2, 0.25) is 0 Å². The number of piperidine rings is 1. The third kappa shape index (κ3) is 4.35. The Morgan fingerprint density at radius 2 is 1.83 bits per heavy atom. The monoisotopic (exact) mass is 329 g/mol. The van der Waals surface area contributed by atoms with E-state index in [1.165, 1.54) is 19.3 Å². The summed E-state index contributed by atoms with van der Waals surface area (Å²) in [6, 6.07) is 7.92. The molecule has 2 heterocycles. The largest absolute Gasteiger partial charge is 0.353 e. The number of carbonyl (C=O) groups excluding carboxylic acids is 2. The quantitative estimate of drug-likeness (QED) is 0.898. The number of hydrogen-bond acceptors (Lipinski definition) is 3. The van der Waals surface area contributed by atoms with Gasteiger partial charge in [-0.2, -0.15) is 0 Å². The number of rotatable bonds is 5. The maximum absolute atomic E-state index is 12.4. The predicted octanol–water partition coefficient (Wildman–Crippen LogP) is 1.96. The van der Waals surface area contributed by atoms with Crippen molar-refractivity contribution in [3.8, 4) is 0 Å². The Bertz CT molecular complexity index is 582. The van der Waals surface area contributed by atoms with Gasteiger partial charge in [0, 0.05) is 25.2 Å². The molecule has 1 aromatic carbocycles. The van der Waals surface area contributed by atoms with E-state index in [-0.39, 0.29) is 18.4 Å². The molecule has 2 aliphatic heterocycles. The number of nitrogens with zero attached hydrogens (tertiary/aromatic N) is 2. The van der Waals surface area contributed by atoms with Gasteiger partial charge in [0.05, 0.1) is 0 Å². The summed E-state index contributed by atoms with van der Waals surface area (Å²) in [6.07, 6.45) is 6.09. The van der Waals surface area contributed by atoms with Gasteiger partial charge in [-0.15, -0.1) is 0 Å². The Kier molecular flexibility index (Phi) is 5.86. The van der Waals surface area contributed by atoms with E-state index in [0.717, 1.165) is 43.7 Å². The van der Waals surface area contributed by atoms with Gasteiger partial charge >= 0.3 is 0 Å². The molecule has 5 nitrogen and oxygen atoms in total. The average molecular weight is 329 g/mol. The highest BCUT2D eigenvalue weighted by molar-refractivity contribution is 5.99. The number of fused-ring (bicyclic) bond motifs is 1. The van der Waals surface area contributed by atoms with Crippen molar-refractivity contribution < 1.29 is 9.59 Å². The van der Waals surface area contributed by atoms with E-state index in [2.05, 4.69) is 16.3 Å². The molecule has 0 saturated carbocycles. The summed E-state index contributed by atoms with van der Waals surface area (Å²) < 4.78 is 0. The number of amides is 2. The first-order chi connectivity index (χ1) is 11.7. The van der Waals surface area contributed by atoms with Gasteiger partial charge in [0.25, 0.3) is 0 Å². The molecule has 1 fully saturated rings. The van der Waals surface area contributed by atoms with E-state index in [0.29, 0.717) is 13.0 Å². The third-order valence-corrected chi connectivity index (χ3v) is 4.92. The summed E-state index contributed by atoms with van der Waals surface area (Å²) >= 11 is 0. The Morgan fingerprint density at radius 1 is 1.04 bits per heavy atom. The number of benzene rings is 1. The second-order valence-electron chi connectivity index (χ2n) is 6.71. The van der Waals surface area contributed by atoms with Gasteiger partial charge in [0.2, 0.25) is 11.8 Å². The standard InChI is InChI=1S/C19H27N3O2/c23-18(20-11-14-21-12-4-1-5-13-21)15-22-17-9-3-2-7-16(17)8-6-10-19(22)24/h2-3,7,9H,1,4-6,8,10-15H2,(H,20,23). The zero-order chi connectivity index (χ0) is 16.8. The molecule has 24 heavy (non-hydrogen) atoms. The molecule has 0 radical (unpaired) electrons. The zero-order valence-corrected chi connectivity index (χ0v) is 14.3. The van der Waals surface area contributed by atoms with E-state index in [9.17, 15) is 9.59 Å². The van der Waals surface area contributed by atoms with Crippen LogP contribution >= 0.6 is 0 Å². The number of nitrogens with one attached hydrogen (secondary N) is 1. The lowest BCUT2D eigenvalue weighted by Gasteiger charge is -2.27. The highest BCUT2D eigenvalue weighted by Gasteiger charge is 2.23. The summed E-state index contributed by atoms with van der Waals surface area (Å²) in [4.78, 5) is 28.7. The summed E-state index contributed by atoms with van der Waals surface area (Å²) in [6.45, 7) is 3.94. The average Bonchev–Trinajstić information content (AvgIpc) is 2.75. The Balaban J connectivity index is 1.53. The predicted molar refractivity (Wildman–Crippen MR) is 95.0 cm³/mol. The molecule has 0 aliphatic carbocycles. The van der Waals surface area contributed by atoms with Crippen molar-refractivity contribution in [1.29, 1.82) is 0 Å². The molecular weight excluding hydrogens is 302 g/mol. The minimum Gasteiger partial charge on any atom is -0.353 e. The van der Waals surface area contributed by atoms with Crippen LogP contribution in [0.1, 0.15) is 37.7 Å². The zero-order valence-electron chi connectivity index (χ0n) is 14.3. The molecule has 1 saturated heterocycles. The highest BCUT2D eigenvalue weighted by atomic mass is 16.2. The van der Waals surface area contributed by atoms with Crippen molar-refractivity contribution in [2.75, 3.05) is 37.6 Å². The first-order valence-corrected chi connectivity index (χ1v) is 9.11. The van der Waals surface area contributed by atoms with Crippen LogP contribution in [0.15, 0.2) is 24.3 Å². The first kappa shape index (κ1) is 17.0. The molecule has 3 rings (SSSR count). The van der Waals surface area contributed by atoms with E-state index in [4.69, 9.17) is 0 Å². The van der Waals surface area contributed by atoms with Gasteiger partial charge in [0.1, 0.15) is 6.54 Å². The normalized spacial score (nSPS) is 18.8. The van der Waals surface area contributed by atoms with Gasteiger partial charge in [-0.05, 0) is 50.4 Å². The number of para-hydroxylation sites is 1. The second kappa shape index (κ2) is 8.29. The van der Waals surface area contributed by atoms with Gasteiger partial charge < -0.3 is 15.1 Å². The summed E-state index contributed by atoms with van der Waals surface area (Å²) in [7, 11) is 0. The topological polar surface area (TPSA) is 52.7 Å². The van der Waals surface area contributed by atoms with Crippen LogP contribution in [0.4, 0.5) is 5.69 Å². The van der Waals surface area contributed by atoms with Crippen LogP contribution in [0, 0.1) is 0 Å². The van der Waals surface area contributed by atoms with E-state index >= 15 is 0 Å². The fraction of sp³-hybridized carbons (Fsp3) is 0.579. The Labute approximate surface area is 144 Å². The molecule has 0 spiro atoms. The molecule has 2 amide bonds. The Morgan fingerprint density at radius 3 is 2.67 bits per heavy atom. The minimum atomic E-state index is -0.0722. The number of aryl methyl sites for hydroxylation is 1. The summed E-state index contributed by atoms with van der Waals surface area (Å²) in [5, 5.41) is 2.97. The van der Waals surface area contributed by atoms with Crippen molar-refractivity contribution in [3.63, 3.8) is 0 Å². The van der Waals surface area contributed by atoms with Crippen molar-refractivity contribution >= 4 is 17.5 Å². The molecule has 0 aromatic heterocycles. The molecule has 130 valence electrons. The lowest BCUT2D eigenvalue weighted by atomic mass is 10.1. The van der Waals surface area contributed by atoms with Gasteiger partial charge in [-0.3, -0.25) is 9.59 Å². The minimum absolute atomic E-state index is 0.0473. The first-order valence-electron chi connectivity index (χ1n) is 9.11. The van der Waals surface area contributed by atoms with Crippen LogP contribution in [-0.2, 0) is 16.0 Å². The third-order valence-electron chi connectivity index (χ3n) is 4.92. The van der Waals surface area contributed by atoms with E-state index in [1.54, 1.807) is 4.90 Å². The van der Waals surface area contributed by atoms with E-state index in [1.807, 2.05) is 18.2 Å². The molecular formula is C19H27N3O2. The number of carbonyl (C=O) groups is 2. The molecule has 0 unspecified atom stereocenters. The SMILES string of the molecule is O=C(CN1C(=O)CCCc2ccccc21)NCCN1CCCCC1. The molecule has 0 atom stereocenters. The van der Waals surface area contributed by atoms with Gasteiger partial charge in [0.15, 0.2) is 0 Å². The smallest absolute Gasteiger partial charge is 0.240 e. The number of hydrogen-bond donors (Lipinski definition) is 1. The van der Waals surface area contributed by atoms with Crippen molar-refractivity contribution in [2.24, 2.45) is 0 Å². The van der Waals surface area contributed by atoms with Crippen LogP contribution in [0.3, 0.4) is 0 Å². The van der Waals surface area contributed by atoms with E-state index < -0.39 is 0 Å². The molecule has 1 aromatic rings. The maximum Gasteiger partial charge on any atom is 0.240 e. The second-order valence-corrected chi connectivity index (χ2v) is 6.71. The molecule has 0 bridgehead atoms. The van der Waals surface area contributed by atoms with Crippen LogP contribution < -0.4 is 10.2 Å². The Hall–Kier alpha value is -1.88. The van der Waals surface area contributed by atoms with Crippen LogP contribution in [0.25, 0.3) is 0 Å². The maximum atomic E-state index is 12.4. The summed E-state index contributed by atoms with van der Waals surface area (Å²) in [5.41, 5.74) is 2.05. The van der Waals surface area contributed by atoms with Crippen LogP contribution in [-0.4, -0.2) is 49.4 Å². The van der Waals surface area contributed by atoms with Crippen molar-refractivity contribution in [2.45, 2.75) is 38.5 Å². The lowest BCUT2D eigenvalue weighted by Crippen LogP contribution is -2.43. The van der Waals surface area contributed by atoms with Gasteiger partial charge in [-0.25, -0.2) is 0 Å². The van der Waals surface area contributed by atoms with Crippen molar-refractivity contribution in [3.05, 3.63) is 29.8 Å². The number of anilines is 1. The molecule has 1 N–H and O–H groups in total. The highest BCUT2D eigenvalue weighted by Crippen LogP contribution is 2.26. The van der Waals surface area contributed by atoms with Gasteiger partial charge in [-0.1, -0.05) is 24.6 Å². The fourth-order valence-electron chi connectivity index (χ4n) is 3.59. The molecule has 2 aliphatic rings.